The van der Waals surface area contributed by atoms with Gasteiger partial charge in [0.15, 0.2) is 0 Å². The second-order valence-corrected chi connectivity index (χ2v) is 5.21. The van der Waals surface area contributed by atoms with Gasteiger partial charge in [-0.25, -0.2) is 0 Å². The molecule has 1 heterocycles. The number of hydrogen-bond acceptors (Lipinski definition) is 2. The van der Waals surface area contributed by atoms with Crippen molar-refractivity contribution < 1.29 is 4.79 Å². The number of anilines is 1. The van der Waals surface area contributed by atoms with Crippen LogP contribution in [0, 0.1) is 5.92 Å². The molecule has 0 fully saturated rings. The molecule has 96 valence electrons. The molecule has 1 amide bonds. The van der Waals surface area contributed by atoms with Gasteiger partial charge in [-0.1, -0.05) is 48.1 Å². The van der Waals surface area contributed by atoms with Gasteiger partial charge in [-0.3, -0.25) is 4.79 Å². The van der Waals surface area contributed by atoms with E-state index in [1.165, 1.54) is 5.01 Å². The molecule has 0 saturated heterocycles. The Bertz CT molecular complexity index is 516. The van der Waals surface area contributed by atoms with Crippen LogP contribution in [0.4, 0.5) is 5.69 Å². The molecule has 1 aromatic rings. The molecule has 0 aromatic heterocycles. The summed E-state index contributed by atoms with van der Waals surface area (Å²) in [7, 11) is 0. The van der Waals surface area contributed by atoms with Crippen molar-refractivity contribution in [3.05, 3.63) is 28.2 Å². The molecular weight excluding hydrogens is 295 g/mol. The molecular formula is C12H11Cl3N2O. The van der Waals surface area contributed by atoms with Crippen LogP contribution in [0.1, 0.15) is 19.8 Å². The van der Waals surface area contributed by atoms with Gasteiger partial charge in [0, 0.05) is 0 Å². The molecule has 0 bridgehead atoms. The summed E-state index contributed by atoms with van der Waals surface area (Å²) in [4.78, 5) is 12.2. The molecule has 0 spiro atoms. The summed E-state index contributed by atoms with van der Waals surface area (Å²) in [5.41, 5.74) is 0.575. The van der Waals surface area contributed by atoms with Gasteiger partial charge in [-0.15, -0.1) is 0 Å². The Hall–Kier alpha value is -0.770. The van der Waals surface area contributed by atoms with E-state index < -0.39 is 0 Å². The minimum atomic E-state index is -0.342. The van der Waals surface area contributed by atoms with E-state index >= 15 is 0 Å². The molecule has 0 N–H and O–H groups in total. The number of benzene rings is 1. The lowest BCUT2D eigenvalue weighted by Gasteiger charge is -2.14. The van der Waals surface area contributed by atoms with Crippen LogP contribution in [-0.2, 0) is 4.79 Å². The Labute approximate surface area is 120 Å². The largest absolute Gasteiger partial charge is 0.272 e. The summed E-state index contributed by atoms with van der Waals surface area (Å²) in [6.07, 6.45) is 1.57. The highest BCUT2D eigenvalue weighted by Crippen LogP contribution is 2.32. The third-order valence-corrected chi connectivity index (χ3v) is 3.79. The fraction of sp³-hybridized carbons (Fsp3) is 0.333. The molecule has 0 aliphatic carbocycles. The molecule has 2 rings (SSSR count). The van der Waals surface area contributed by atoms with Gasteiger partial charge in [-0.05, 0) is 24.6 Å². The molecule has 1 aliphatic heterocycles. The molecule has 1 aliphatic rings. The van der Waals surface area contributed by atoms with Gasteiger partial charge >= 0.3 is 0 Å². The lowest BCUT2D eigenvalue weighted by Crippen LogP contribution is -2.26. The lowest BCUT2D eigenvalue weighted by molar-refractivity contribution is -0.119. The zero-order valence-electron chi connectivity index (χ0n) is 9.66. The number of carbonyl (C=O) groups is 1. The zero-order chi connectivity index (χ0) is 13.3. The molecule has 1 unspecified atom stereocenters. The fourth-order valence-corrected chi connectivity index (χ4v) is 2.37. The van der Waals surface area contributed by atoms with E-state index in [1.54, 1.807) is 18.2 Å². The lowest BCUT2D eigenvalue weighted by atomic mass is 10.1. The highest BCUT2D eigenvalue weighted by molar-refractivity contribution is 6.68. The Morgan fingerprint density at radius 1 is 1.28 bits per heavy atom. The van der Waals surface area contributed by atoms with Crippen LogP contribution >= 0.6 is 34.8 Å². The minimum absolute atomic E-state index is 0.125. The molecule has 3 nitrogen and oxygen atoms in total. The Morgan fingerprint density at radius 3 is 2.61 bits per heavy atom. The van der Waals surface area contributed by atoms with E-state index in [1.807, 2.05) is 6.92 Å². The first-order chi connectivity index (χ1) is 8.54. The number of amides is 1. The van der Waals surface area contributed by atoms with E-state index in [0.717, 1.165) is 6.42 Å². The van der Waals surface area contributed by atoms with Gasteiger partial charge in [0.2, 0.25) is 0 Å². The predicted octanol–water partition coefficient (Wildman–Crippen LogP) is 4.31. The molecule has 18 heavy (non-hydrogen) atoms. The number of nitrogens with zero attached hydrogens (tertiary/aromatic N) is 2. The summed E-state index contributed by atoms with van der Waals surface area (Å²) in [5.74, 6) is -0.466. The monoisotopic (exact) mass is 304 g/mol. The maximum atomic E-state index is 12.2. The van der Waals surface area contributed by atoms with Crippen molar-refractivity contribution in [1.82, 2.24) is 0 Å². The first-order valence-corrected chi connectivity index (χ1v) is 6.71. The third-order valence-electron chi connectivity index (χ3n) is 2.72. The van der Waals surface area contributed by atoms with E-state index in [2.05, 4.69) is 5.10 Å². The minimum Gasteiger partial charge on any atom is -0.272 e. The SMILES string of the molecule is CCCC1C(=O)N(c2ccc(Cl)c(Cl)c2)N=C1Cl. The van der Waals surface area contributed by atoms with E-state index in [4.69, 9.17) is 34.8 Å². The number of carbonyl (C=O) groups excluding carboxylic acids is 1. The third kappa shape index (κ3) is 2.48. The molecule has 0 radical (unpaired) electrons. The van der Waals surface area contributed by atoms with E-state index in [9.17, 15) is 4.79 Å². The van der Waals surface area contributed by atoms with Crippen LogP contribution in [0.3, 0.4) is 0 Å². The number of hydrogen-bond donors (Lipinski definition) is 0. The van der Waals surface area contributed by atoms with Crippen LogP contribution in [0.15, 0.2) is 23.3 Å². The van der Waals surface area contributed by atoms with Gasteiger partial charge in [0.25, 0.3) is 5.91 Å². The summed E-state index contributed by atoms with van der Waals surface area (Å²) in [6, 6.07) is 4.92. The van der Waals surface area contributed by atoms with Crippen molar-refractivity contribution in [3.8, 4) is 0 Å². The first-order valence-electron chi connectivity index (χ1n) is 5.57. The van der Waals surface area contributed by atoms with Gasteiger partial charge in [-0.2, -0.15) is 10.1 Å². The maximum absolute atomic E-state index is 12.2. The average molecular weight is 306 g/mol. The van der Waals surface area contributed by atoms with Gasteiger partial charge < -0.3 is 0 Å². The van der Waals surface area contributed by atoms with Crippen molar-refractivity contribution >= 4 is 51.6 Å². The van der Waals surface area contributed by atoms with E-state index in [0.29, 0.717) is 27.3 Å². The second kappa shape index (κ2) is 5.47. The van der Waals surface area contributed by atoms with Crippen LogP contribution in [0.5, 0.6) is 0 Å². The number of halogens is 3. The summed E-state index contributed by atoms with van der Waals surface area (Å²) >= 11 is 17.8. The van der Waals surface area contributed by atoms with E-state index in [-0.39, 0.29) is 11.8 Å². The highest BCUT2D eigenvalue weighted by atomic mass is 35.5. The smallest absolute Gasteiger partial charge is 0.257 e. The van der Waals surface area contributed by atoms with Crippen molar-refractivity contribution in [2.75, 3.05) is 5.01 Å². The number of hydrazone groups is 1. The Balaban J connectivity index is 2.30. The van der Waals surface area contributed by atoms with Crippen molar-refractivity contribution in [3.63, 3.8) is 0 Å². The molecule has 0 saturated carbocycles. The Kier molecular flexibility index (Phi) is 4.15. The average Bonchev–Trinajstić information content (AvgIpc) is 2.61. The molecule has 1 atom stereocenters. The maximum Gasteiger partial charge on any atom is 0.257 e. The van der Waals surface area contributed by atoms with Crippen LogP contribution in [0.25, 0.3) is 0 Å². The van der Waals surface area contributed by atoms with Crippen LogP contribution in [0.2, 0.25) is 10.0 Å². The predicted molar refractivity (Wildman–Crippen MR) is 75.6 cm³/mol. The van der Waals surface area contributed by atoms with Crippen LogP contribution in [-0.4, -0.2) is 11.1 Å². The summed E-state index contributed by atoms with van der Waals surface area (Å²) < 4.78 is 0. The summed E-state index contributed by atoms with van der Waals surface area (Å²) in [5, 5.41) is 6.50. The van der Waals surface area contributed by atoms with Crippen molar-refractivity contribution in [2.24, 2.45) is 11.0 Å². The fourth-order valence-electron chi connectivity index (χ4n) is 1.80. The quantitative estimate of drug-likeness (QED) is 0.819. The highest BCUT2D eigenvalue weighted by Gasteiger charge is 2.35. The van der Waals surface area contributed by atoms with Crippen molar-refractivity contribution in [2.45, 2.75) is 19.8 Å². The summed E-state index contributed by atoms with van der Waals surface area (Å²) in [6.45, 7) is 2.00. The topological polar surface area (TPSA) is 32.7 Å². The first kappa shape index (κ1) is 13.7. The van der Waals surface area contributed by atoms with Gasteiger partial charge in [0.1, 0.15) is 5.17 Å². The second-order valence-electron chi connectivity index (χ2n) is 4.01. The molecule has 6 heteroatoms. The molecule has 1 aromatic carbocycles. The zero-order valence-corrected chi connectivity index (χ0v) is 11.9. The van der Waals surface area contributed by atoms with Crippen molar-refractivity contribution in [1.29, 1.82) is 0 Å². The van der Waals surface area contributed by atoms with Gasteiger partial charge in [0.05, 0.1) is 21.7 Å². The number of rotatable bonds is 3. The van der Waals surface area contributed by atoms with Crippen LogP contribution < -0.4 is 5.01 Å². The normalized spacial score (nSPS) is 19.3. The standard InChI is InChI=1S/C12H11Cl3N2O/c1-2-3-8-11(15)16-17(12(8)18)7-4-5-9(13)10(14)6-7/h4-6,8H,2-3H2,1H3. The Morgan fingerprint density at radius 2 is 2.00 bits per heavy atom.